The van der Waals surface area contributed by atoms with E-state index in [1.165, 1.54) is 17.5 Å². The summed E-state index contributed by atoms with van der Waals surface area (Å²) >= 11 is 3.54. The van der Waals surface area contributed by atoms with Gasteiger partial charge in [-0.1, -0.05) is 28.1 Å². The molecule has 5 nitrogen and oxygen atoms in total. The van der Waals surface area contributed by atoms with Crippen molar-refractivity contribution >= 4 is 45.9 Å². The standard InChI is InChI=1S/C21H30BrN5.HI/c1-3-23-21(24-10-5-7-17-6-4-8-20(22)13-17)27-11-9-18(16-27)12-19-14-25-26(2)15-19;/h4,6,8,13-15,18H,3,5,7,9-12,16H2,1-2H3,(H,23,24);1H. The summed E-state index contributed by atoms with van der Waals surface area (Å²) in [5, 5.41) is 7.76. The first-order valence-electron chi connectivity index (χ1n) is 9.89. The predicted octanol–water partition coefficient (Wildman–Crippen LogP) is 4.26. The Morgan fingerprint density at radius 2 is 2.21 bits per heavy atom. The highest BCUT2D eigenvalue weighted by molar-refractivity contribution is 14.0. The maximum absolute atomic E-state index is 4.88. The van der Waals surface area contributed by atoms with Crippen LogP contribution in [0.2, 0.25) is 0 Å². The highest BCUT2D eigenvalue weighted by Gasteiger charge is 2.25. The van der Waals surface area contributed by atoms with Crippen molar-refractivity contribution in [3.05, 3.63) is 52.3 Å². The molecule has 0 saturated carbocycles. The molecule has 1 atom stereocenters. The molecule has 28 heavy (non-hydrogen) atoms. The summed E-state index contributed by atoms with van der Waals surface area (Å²) in [6, 6.07) is 8.54. The van der Waals surface area contributed by atoms with Crippen molar-refractivity contribution in [2.24, 2.45) is 18.0 Å². The Morgan fingerprint density at radius 3 is 2.93 bits per heavy atom. The molecule has 1 aliphatic heterocycles. The quantitative estimate of drug-likeness (QED) is 0.238. The predicted molar refractivity (Wildman–Crippen MR) is 130 cm³/mol. The lowest BCUT2D eigenvalue weighted by atomic mass is 10.0. The van der Waals surface area contributed by atoms with E-state index in [-0.39, 0.29) is 24.0 Å². The summed E-state index contributed by atoms with van der Waals surface area (Å²) in [6.45, 7) is 6.07. The van der Waals surface area contributed by atoms with Gasteiger partial charge in [0.15, 0.2) is 5.96 Å². The number of aliphatic imine (C=N–C) groups is 1. The second-order valence-corrected chi connectivity index (χ2v) is 8.21. The molecule has 2 heterocycles. The van der Waals surface area contributed by atoms with E-state index >= 15 is 0 Å². The molecule has 2 aromatic rings. The molecule has 1 saturated heterocycles. The Kier molecular flexibility index (Phi) is 9.77. The smallest absolute Gasteiger partial charge is 0.193 e. The summed E-state index contributed by atoms with van der Waals surface area (Å²) in [7, 11) is 1.98. The number of hydrogen-bond acceptors (Lipinski definition) is 2. The van der Waals surface area contributed by atoms with Crippen molar-refractivity contribution in [1.29, 1.82) is 0 Å². The van der Waals surface area contributed by atoms with Gasteiger partial charge in [0.2, 0.25) is 0 Å². The van der Waals surface area contributed by atoms with Crippen molar-refractivity contribution in [1.82, 2.24) is 20.0 Å². The molecular formula is C21H31BrIN5. The zero-order valence-corrected chi connectivity index (χ0v) is 20.7. The Morgan fingerprint density at radius 1 is 1.36 bits per heavy atom. The maximum atomic E-state index is 4.88. The Labute approximate surface area is 194 Å². The second kappa shape index (κ2) is 11.8. The molecule has 0 spiro atoms. The summed E-state index contributed by atoms with van der Waals surface area (Å²) in [6.07, 6.45) is 8.57. The van der Waals surface area contributed by atoms with E-state index in [4.69, 9.17) is 4.99 Å². The van der Waals surface area contributed by atoms with E-state index < -0.39 is 0 Å². The number of halogens is 2. The van der Waals surface area contributed by atoms with Crippen LogP contribution in [0.15, 0.2) is 46.1 Å². The number of benzene rings is 1. The van der Waals surface area contributed by atoms with Gasteiger partial charge in [-0.3, -0.25) is 9.67 Å². The zero-order chi connectivity index (χ0) is 19.1. The number of nitrogens with zero attached hydrogens (tertiary/aromatic N) is 4. The maximum Gasteiger partial charge on any atom is 0.193 e. The summed E-state index contributed by atoms with van der Waals surface area (Å²) in [5.74, 6) is 1.75. The third-order valence-corrected chi connectivity index (χ3v) is 5.47. The van der Waals surface area contributed by atoms with Gasteiger partial charge < -0.3 is 10.2 Å². The van der Waals surface area contributed by atoms with Gasteiger partial charge in [0, 0.05) is 43.9 Å². The fourth-order valence-corrected chi connectivity index (χ4v) is 4.14. The molecule has 0 aliphatic carbocycles. The van der Waals surface area contributed by atoms with E-state index in [0.29, 0.717) is 5.92 Å². The zero-order valence-electron chi connectivity index (χ0n) is 16.8. The van der Waals surface area contributed by atoms with E-state index in [9.17, 15) is 0 Å². The molecule has 1 aromatic heterocycles. The van der Waals surface area contributed by atoms with E-state index in [1.54, 1.807) is 0 Å². The Balaban J connectivity index is 0.00000280. The molecule has 0 bridgehead atoms. The van der Waals surface area contributed by atoms with Gasteiger partial charge in [-0.05, 0) is 61.8 Å². The molecule has 3 rings (SSSR count). The van der Waals surface area contributed by atoms with Gasteiger partial charge in [0.1, 0.15) is 0 Å². The van der Waals surface area contributed by atoms with Gasteiger partial charge in [-0.25, -0.2) is 0 Å². The number of guanidine groups is 1. The van der Waals surface area contributed by atoms with E-state index in [0.717, 1.165) is 55.9 Å². The first kappa shape index (κ1) is 23.2. The summed E-state index contributed by atoms with van der Waals surface area (Å²) in [5.41, 5.74) is 2.70. The Bertz CT molecular complexity index is 761. The number of hydrogen-bond donors (Lipinski definition) is 1. The van der Waals surface area contributed by atoms with Crippen LogP contribution >= 0.6 is 39.9 Å². The SMILES string of the molecule is CCNC(=NCCCc1cccc(Br)c1)N1CCC(Cc2cnn(C)c2)C1.I. The normalized spacial score (nSPS) is 16.9. The number of rotatable bonds is 7. The molecule has 1 unspecified atom stereocenters. The van der Waals surface area contributed by atoms with Crippen LogP contribution < -0.4 is 5.32 Å². The molecule has 7 heteroatoms. The van der Waals surface area contributed by atoms with Crippen LogP contribution in [0, 0.1) is 5.92 Å². The van der Waals surface area contributed by atoms with Crippen LogP contribution in [0.25, 0.3) is 0 Å². The van der Waals surface area contributed by atoms with Crippen molar-refractivity contribution < 1.29 is 0 Å². The van der Waals surface area contributed by atoms with Crippen LogP contribution in [-0.4, -0.2) is 46.8 Å². The van der Waals surface area contributed by atoms with Crippen molar-refractivity contribution in [3.8, 4) is 0 Å². The lowest BCUT2D eigenvalue weighted by Gasteiger charge is -2.21. The van der Waals surface area contributed by atoms with Gasteiger partial charge in [-0.2, -0.15) is 5.10 Å². The van der Waals surface area contributed by atoms with Crippen LogP contribution in [0.3, 0.4) is 0 Å². The van der Waals surface area contributed by atoms with Crippen LogP contribution in [-0.2, 0) is 19.9 Å². The van der Waals surface area contributed by atoms with Gasteiger partial charge in [-0.15, -0.1) is 24.0 Å². The minimum Gasteiger partial charge on any atom is -0.357 e. The van der Waals surface area contributed by atoms with E-state index in [2.05, 4.69) is 68.6 Å². The number of likely N-dealkylation sites (tertiary alicyclic amines) is 1. The van der Waals surface area contributed by atoms with Crippen LogP contribution in [0.5, 0.6) is 0 Å². The summed E-state index contributed by atoms with van der Waals surface area (Å²) in [4.78, 5) is 7.30. The Hall–Kier alpha value is -1.09. The van der Waals surface area contributed by atoms with Crippen LogP contribution in [0.1, 0.15) is 30.9 Å². The molecule has 0 amide bonds. The monoisotopic (exact) mass is 559 g/mol. The lowest BCUT2D eigenvalue weighted by Crippen LogP contribution is -2.40. The van der Waals surface area contributed by atoms with Gasteiger partial charge in [0.05, 0.1) is 6.20 Å². The molecule has 1 N–H and O–H groups in total. The highest BCUT2D eigenvalue weighted by atomic mass is 127. The largest absolute Gasteiger partial charge is 0.357 e. The molecule has 1 aliphatic rings. The van der Waals surface area contributed by atoms with Crippen molar-refractivity contribution in [3.63, 3.8) is 0 Å². The molecule has 154 valence electrons. The average Bonchev–Trinajstić information content (AvgIpc) is 3.27. The molecule has 1 fully saturated rings. The first-order valence-corrected chi connectivity index (χ1v) is 10.7. The molecule has 1 aromatic carbocycles. The molecule has 0 radical (unpaired) electrons. The molecular weight excluding hydrogens is 529 g/mol. The average molecular weight is 560 g/mol. The topological polar surface area (TPSA) is 45.5 Å². The third-order valence-electron chi connectivity index (χ3n) is 4.98. The number of aryl methyl sites for hydroxylation is 2. The lowest BCUT2D eigenvalue weighted by molar-refractivity contribution is 0.459. The second-order valence-electron chi connectivity index (χ2n) is 7.30. The third kappa shape index (κ3) is 7.06. The minimum absolute atomic E-state index is 0. The van der Waals surface area contributed by atoms with Crippen LogP contribution in [0.4, 0.5) is 0 Å². The highest BCUT2D eigenvalue weighted by Crippen LogP contribution is 2.21. The van der Waals surface area contributed by atoms with Gasteiger partial charge >= 0.3 is 0 Å². The number of nitrogens with one attached hydrogen (secondary N) is 1. The first-order chi connectivity index (χ1) is 13.1. The minimum atomic E-state index is 0. The summed E-state index contributed by atoms with van der Waals surface area (Å²) < 4.78 is 3.03. The van der Waals surface area contributed by atoms with Crippen molar-refractivity contribution in [2.75, 3.05) is 26.2 Å². The van der Waals surface area contributed by atoms with Gasteiger partial charge in [0.25, 0.3) is 0 Å². The fourth-order valence-electron chi connectivity index (χ4n) is 3.69. The van der Waals surface area contributed by atoms with E-state index in [1.807, 2.05) is 17.9 Å². The fraction of sp³-hybridized carbons (Fsp3) is 0.524. The van der Waals surface area contributed by atoms with Crippen molar-refractivity contribution in [2.45, 2.75) is 32.6 Å². The number of aromatic nitrogens is 2.